The Balaban J connectivity index is 2.58. The van der Waals surface area contributed by atoms with Crippen molar-refractivity contribution in [3.63, 3.8) is 0 Å². The molecular formula is C13H15ClN2O. The lowest BCUT2D eigenvalue weighted by atomic mass is 10.1. The van der Waals surface area contributed by atoms with Crippen molar-refractivity contribution >= 4 is 22.5 Å². The Morgan fingerprint density at radius 2 is 2.18 bits per heavy atom. The molecule has 90 valence electrons. The van der Waals surface area contributed by atoms with Crippen molar-refractivity contribution in [3.8, 4) is 0 Å². The van der Waals surface area contributed by atoms with Gasteiger partial charge in [0.15, 0.2) is 0 Å². The smallest absolute Gasteiger partial charge is 0.251 e. The number of aromatic nitrogens is 1. The molecule has 0 aliphatic rings. The fraction of sp³-hybridized carbons (Fsp3) is 0.308. The predicted octanol–water partition coefficient (Wildman–Crippen LogP) is 2.38. The summed E-state index contributed by atoms with van der Waals surface area (Å²) in [6.07, 6.45) is 1.53. The van der Waals surface area contributed by atoms with Crippen LogP contribution in [0.25, 0.3) is 10.9 Å². The second-order valence-corrected chi connectivity index (χ2v) is 4.56. The summed E-state index contributed by atoms with van der Waals surface area (Å²) in [5, 5.41) is 1.68. The number of H-pyrrole nitrogens is 1. The molecule has 0 saturated heterocycles. The van der Waals surface area contributed by atoms with Gasteiger partial charge in [-0.1, -0.05) is 17.7 Å². The molecule has 0 saturated carbocycles. The first kappa shape index (κ1) is 12.1. The van der Waals surface area contributed by atoms with Gasteiger partial charge in [0.1, 0.15) is 0 Å². The summed E-state index contributed by atoms with van der Waals surface area (Å²) in [4.78, 5) is 14.8. The van der Waals surface area contributed by atoms with Crippen LogP contribution >= 0.6 is 11.6 Å². The van der Waals surface area contributed by atoms with Crippen LogP contribution in [0.4, 0.5) is 0 Å². The number of aromatic amines is 1. The van der Waals surface area contributed by atoms with Crippen molar-refractivity contribution in [2.24, 2.45) is 5.73 Å². The van der Waals surface area contributed by atoms with Gasteiger partial charge < -0.3 is 10.7 Å². The molecule has 4 heteroatoms. The van der Waals surface area contributed by atoms with Gasteiger partial charge in [0.05, 0.1) is 5.52 Å². The molecule has 1 heterocycles. The van der Waals surface area contributed by atoms with E-state index in [1.165, 1.54) is 0 Å². The van der Waals surface area contributed by atoms with Crippen molar-refractivity contribution in [1.82, 2.24) is 4.98 Å². The summed E-state index contributed by atoms with van der Waals surface area (Å²) in [5.41, 5.74) is 7.92. The lowest BCUT2D eigenvalue weighted by molar-refractivity contribution is 0.824. The van der Waals surface area contributed by atoms with Crippen molar-refractivity contribution in [1.29, 1.82) is 0 Å². The normalized spacial score (nSPS) is 11.0. The Bertz CT molecular complexity index is 604. The number of halogens is 1. The first-order valence-electron chi connectivity index (χ1n) is 5.64. The molecule has 0 unspecified atom stereocenters. The second kappa shape index (κ2) is 4.90. The van der Waals surface area contributed by atoms with Crippen molar-refractivity contribution in [2.45, 2.75) is 19.8 Å². The zero-order valence-electron chi connectivity index (χ0n) is 9.72. The van der Waals surface area contributed by atoms with Crippen molar-refractivity contribution in [2.75, 3.05) is 6.54 Å². The summed E-state index contributed by atoms with van der Waals surface area (Å²) < 4.78 is 0. The Morgan fingerprint density at radius 1 is 1.41 bits per heavy atom. The molecule has 0 bridgehead atoms. The van der Waals surface area contributed by atoms with Gasteiger partial charge in [-0.15, -0.1) is 0 Å². The SMILES string of the molecule is Cc1c(Cl)ccc2cc(CCCN)c(=O)[nH]c12. The highest BCUT2D eigenvalue weighted by atomic mass is 35.5. The summed E-state index contributed by atoms with van der Waals surface area (Å²) in [6, 6.07) is 5.70. The van der Waals surface area contributed by atoms with Gasteiger partial charge in [-0.3, -0.25) is 4.79 Å². The minimum absolute atomic E-state index is 0.0451. The van der Waals surface area contributed by atoms with Crippen LogP contribution in [0.5, 0.6) is 0 Å². The Morgan fingerprint density at radius 3 is 2.88 bits per heavy atom. The largest absolute Gasteiger partial charge is 0.330 e. The van der Waals surface area contributed by atoms with E-state index in [0.717, 1.165) is 28.5 Å². The maximum atomic E-state index is 11.9. The van der Waals surface area contributed by atoms with Gasteiger partial charge >= 0.3 is 0 Å². The van der Waals surface area contributed by atoms with Crippen molar-refractivity contribution < 1.29 is 0 Å². The predicted molar refractivity (Wildman–Crippen MR) is 71.7 cm³/mol. The highest BCUT2D eigenvalue weighted by molar-refractivity contribution is 6.32. The number of benzene rings is 1. The molecule has 2 aromatic rings. The van der Waals surface area contributed by atoms with Crippen LogP contribution in [0.2, 0.25) is 5.02 Å². The van der Waals surface area contributed by atoms with Gasteiger partial charge in [-0.05, 0) is 49.4 Å². The molecule has 0 aliphatic carbocycles. The third-order valence-corrected chi connectivity index (χ3v) is 3.35. The third kappa shape index (κ3) is 2.35. The van der Waals surface area contributed by atoms with E-state index in [4.69, 9.17) is 17.3 Å². The number of hydrogen-bond donors (Lipinski definition) is 2. The number of rotatable bonds is 3. The standard InChI is InChI=1S/C13H15ClN2O/c1-8-11(14)5-4-9-7-10(3-2-6-15)13(17)16-12(8)9/h4-5,7H,2-3,6,15H2,1H3,(H,16,17). The molecular weight excluding hydrogens is 236 g/mol. The van der Waals surface area contributed by atoms with Crippen LogP contribution in [-0.2, 0) is 6.42 Å². The fourth-order valence-electron chi connectivity index (χ4n) is 1.92. The molecule has 0 spiro atoms. The number of fused-ring (bicyclic) bond motifs is 1. The quantitative estimate of drug-likeness (QED) is 0.879. The molecule has 1 aromatic carbocycles. The summed E-state index contributed by atoms with van der Waals surface area (Å²) in [7, 11) is 0. The van der Waals surface area contributed by atoms with Gasteiger partial charge in [0.25, 0.3) is 5.56 Å². The fourth-order valence-corrected chi connectivity index (χ4v) is 2.08. The van der Waals surface area contributed by atoms with Crippen LogP contribution in [0.1, 0.15) is 17.5 Å². The maximum absolute atomic E-state index is 11.9. The van der Waals surface area contributed by atoms with E-state index >= 15 is 0 Å². The highest BCUT2D eigenvalue weighted by Gasteiger charge is 2.06. The van der Waals surface area contributed by atoms with Gasteiger partial charge in [-0.25, -0.2) is 0 Å². The molecule has 2 rings (SSSR count). The number of nitrogens with two attached hydrogens (primary N) is 1. The minimum Gasteiger partial charge on any atom is -0.330 e. The van der Waals surface area contributed by atoms with Crippen LogP contribution in [0.3, 0.4) is 0 Å². The highest BCUT2D eigenvalue weighted by Crippen LogP contribution is 2.23. The molecule has 3 nitrogen and oxygen atoms in total. The average molecular weight is 251 g/mol. The molecule has 0 amide bonds. The number of hydrogen-bond acceptors (Lipinski definition) is 2. The molecule has 17 heavy (non-hydrogen) atoms. The van der Waals surface area contributed by atoms with Gasteiger partial charge in [0, 0.05) is 10.6 Å². The van der Waals surface area contributed by atoms with Crippen molar-refractivity contribution in [3.05, 3.63) is 44.7 Å². The van der Waals surface area contributed by atoms with E-state index in [1.54, 1.807) is 0 Å². The van der Waals surface area contributed by atoms with Crippen LogP contribution < -0.4 is 11.3 Å². The molecule has 1 aromatic heterocycles. The van der Waals surface area contributed by atoms with E-state index in [0.29, 0.717) is 18.0 Å². The van der Waals surface area contributed by atoms with E-state index in [2.05, 4.69) is 4.98 Å². The maximum Gasteiger partial charge on any atom is 0.251 e. The molecule has 0 atom stereocenters. The van der Waals surface area contributed by atoms with Crippen LogP contribution in [0.15, 0.2) is 23.0 Å². The van der Waals surface area contributed by atoms with Gasteiger partial charge in [-0.2, -0.15) is 0 Å². The molecule has 0 radical (unpaired) electrons. The first-order valence-corrected chi connectivity index (χ1v) is 6.02. The lowest BCUT2D eigenvalue weighted by Gasteiger charge is -2.06. The van der Waals surface area contributed by atoms with E-state index < -0.39 is 0 Å². The first-order chi connectivity index (χ1) is 8.13. The summed E-state index contributed by atoms with van der Waals surface area (Å²) >= 11 is 6.02. The summed E-state index contributed by atoms with van der Waals surface area (Å²) in [5.74, 6) is 0. The number of nitrogens with one attached hydrogen (secondary N) is 1. The molecule has 0 fully saturated rings. The molecule has 3 N–H and O–H groups in total. The van der Waals surface area contributed by atoms with Gasteiger partial charge in [0.2, 0.25) is 0 Å². The van der Waals surface area contributed by atoms with Crippen LogP contribution in [0, 0.1) is 6.92 Å². The lowest BCUT2D eigenvalue weighted by Crippen LogP contribution is -2.14. The van der Waals surface area contributed by atoms with Crippen LogP contribution in [-0.4, -0.2) is 11.5 Å². The third-order valence-electron chi connectivity index (χ3n) is 2.94. The zero-order chi connectivity index (χ0) is 12.4. The second-order valence-electron chi connectivity index (χ2n) is 4.15. The monoisotopic (exact) mass is 250 g/mol. The minimum atomic E-state index is -0.0451. The average Bonchev–Trinajstić information content (AvgIpc) is 2.32. The summed E-state index contributed by atoms with van der Waals surface area (Å²) in [6.45, 7) is 2.50. The Kier molecular flexibility index (Phi) is 3.50. The Labute approximate surface area is 105 Å². The van der Waals surface area contributed by atoms with E-state index in [9.17, 15) is 4.79 Å². The topological polar surface area (TPSA) is 58.9 Å². The number of pyridine rings is 1. The molecule has 0 aliphatic heterocycles. The van der Waals surface area contributed by atoms with E-state index in [-0.39, 0.29) is 5.56 Å². The zero-order valence-corrected chi connectivity index (χ0v) is 10.5. The van der Waals surface area contributed by atoms with E-state index in [1.807, 2.05) is 25.1 Å². The number of aryl methyl sites for hydroxylation is 2. The Hall–Kier alpha value is -1.32.